The average molecular weight is 202 g/mol. The van der Waals surface area contributed by atoms with Gasteiger partial charge in [0.1, 0.15) is 0 Å². The van der Waals surface area contributed by atoms with E-state index in [-0.39, 0.29) is 0 Å². The summed E-state index contributed by atoms with van der Waals surface area (Å²) in [5.74, 6) is 0. The second-order valence-corrected chi connectivity index (χ2v) is 4.08. The van der Waals surface area contributed by atoms with E-state index in [1.54, 1.807) is 20.0 Å². The van der Waals surface area contributed by atoms with Gasteiger partial charge in [0.25, 0.3) is 0 Å². The minimum absolute atomic E-state index is 0.814. The van der Waals surface area contributed by atoms with E-state index in [0.717, 1.165) is 16.8 Å². The van der Waals surface area contributed by atoms with Crippen LogP contribution < -0.4 is 0 Å². The Morgan fingerprint density at radius 1 is 1.20 bits per heavy atom. The predicted octanol–water partition coefficient (Wildman–Crippen LogP) is 2.30. The molecule has 0 spiro atoms. The molecule has 0 aliphatic carbocycles. The molecule has 3 heteroatoms. The molecule has 15 heavy (non-hydrogen) atoms. The van der Waals surface area contributed by atoms with Crippen LogP contribution in [0, 0.1) is 0 Å². The fraction of sp³-hybridized carbons (Fsp3) is 0.250. The molecule has 0 saturated carbocycles. The Bertz CT molecular complexity index is 440. The molecular weight excluding hydrogens is 188 g/mol. The Kier molecular flexibility index (Phi) is 2.32. The zero-order valence-corrected chi connectivity index (χ0v) is 8.86. The minimum atomic E-state index is -0.877. The number of benzene rings is 1. The third-order valence-corrected chi connectivity index (χ3v) is 2.36. The first kappa shape index (κ1) is 9.93. The molecule has 1 aromatic heterocycles. The SMILES string of the molecule is CC(C)(O)c1cn[nH]c1-c1ccccc1. The van der Waals surface area contributed by atoms with Crippen LogP contribution in [0.5, 0.6) is 0 Å². The summed E-state index contributed by atoms with van der Waals surface area (Å²) < 4.78 is 0. The Balaban J connectivity index is 2.51. The van der Waals surface area contributed by atoms with Crippen molar-refractivity contribution in [2.45, 2.75) is 19.4 Å². The molecule has 0 fully saturated rings. The van der Waals surface area contributed by atoms with Crippen LogP contribution in [0.4, 0.5) is 0 Å². The van der Waals surface area contributed by atoms with E-state index < -0.39 is 5.60 Å². The average Bonchev–Trinajstić information content (AvgIpc) is 2.67. The Morgan fingerprint density at radius 3 is 2.47 bits per heavy atom. The maximum atomic E-state index is 9.96. The molecule has 0 atom stereocenters. The molecule has 0 bridgehead atoms. The highest BCUT2D eigenvalue weighted by Gasteiger charge is 2.22. The first-order valence-electron chi connectivity index (χ1n) is 4.90. The minimum Gasteiger partial charge on any atom is -0.386 e. The summed E-state index contributed by atoms with van der Waals surface area (Å²) in [5, 5.41) is 16.9. The van der Waals surface area contributed by atoms with Crippen molar-refractivity contribution in [3.8, 4) is 11.3 Å². The van der Waals surface area contributed by atoms with Gasteiger partial charge >= 0.3 is 0 Å². The van der Waals surface area contributed by atoms with Crippen molar-refractivity contribution in [2.75, 3.05) is 0 Å². The number of rotatable bonds is 2. The summed E-state index contributed by atoms with van der Waals surface area (Å²) in [7, 11) is 0. The van der Waals surface area contributed by atoms with Gasteiger partial charge in [0.05, 0.1) is 17.5 Å². The summed E-state index contributed by atoms with van der Waals surface area (Å²) in [6, 6.07) is 9.86. The quantitative estimate of drug-likeness (QED) is 0.785. The van der Waals surface area contributed by atoms with Gasteiger partial charge in [0.15, 0.2) is 0 Å². The monoisotopic (exact) mass is 202 g/mol. The Morgan fingerprint density at radius 2 is 1.87 bits per heavy atom. The summed E-state index contributed by atoms with van der Waals surface area (Å²) in [5.41, 5.74) is 1.85. The summed E-state index contributed by atoms with van der Waals surface area (Å²) >= 11 is 0. The lowest BCUT2D eigenvalue weighted by atomic mass is 9.96. The van der Waals surface area contributed by atoms with Gasteiger partial charge in [-0.25, -0.2) is 0 Å². The van der Waals surface area contributed by atoms with Crippen LogP contribution in [0.15, 0.2) is 36.5 Å². The van der Waals surface area contributed by atoms with Crippen molar-refractivity contribution >= 4 is 0 Å². The smallest absolute Gasteiger partial charge is 0.0877 e. The lowest BCUT2D eigenvalue weighted by Gasteiger charge is -2.17. The molecule has 2 rings (SSSR count). The van der Waals surface area contributed by atoms with Gasteiger partial charge in [-0.05, 0) is 19.4 Å². The van der Waals surface area contributed by atoms with Crippen molar-refractivity contribution in [1.82, 2.24) is 10.2 Å². The third-order valence-electron chi connectivity index (χ3n) is 2.36. The number of aliphatic hydroxyl groups is 1. The molecular formula is C12H14N2O. The summed E-state index contributed by atoms with van der Waals surface area (Å²) in [6.45, 7) is 3.51. The lowest BCUT2D eigenvalue weighted by Crippen LogP contribution is -2.15. The van der Waals surface area contributed by atoms with Crippen LogP contribution in [-0.4, -0.2) is 15.3 Å². The van der Waals surface area contributed by atoms with Crippen LogP contribution in [0.25, 0.3) is 11.3 Å². The van der Waals surface area contributed by atoms with Crippen molar-refractivity contribution < 1.29 is 5.11 Å². The highest BCUT2D eigenvalue weighted by Crippen LogP contribution is 2.29. The molecule has 0 amide bonds. The molecule has 0 unspecified atom stereocenters. The van der Waals surface area contributed by atoms with Gasteiger partial charge in [0.2, 0.25) is 0 Å². The molecule has 1 heterocycles. The number of hydrogen-bond acceptors (Lipinski definition) is 2. The number of nitrogens with zero attached hydrogens (tertiary/aromatic N) is 1. The van der Waals surface area contributed by atoms with E-state index in [2.05, 4.69) is 10.2 Å². The van der Waals surface area contributed by atoms with Gasteiger partial charge in [-0.15, -0.1) is 0 Å². The van der Waals surface area contributed by atoms with Crippen molar-refractivity contribution in [3.63, 3.8) is 0 Å². The second-order valence-electron chi connectivity index (χ2n) is 4.08. The maximum Gasteiger partial charge on any atom is 0.0877 e. The van der Waals surface area contributed by atoms with E-state index in [9.17, 15) is 5.11 Å². The lowest BCUT2D eigenvalue weighted by molar-refractivity contribution is 0.0792. The topological polar surface area (TPSA) is 48.9 Å². The zero-order valence-electron chi connectivity index (χ0n) is 8.86. The maximum absolute atomic E-state index is 9.96. The van der Waals surface area contributed by atoms with Crippen LogP contribution in [0.2, 0.25) is 0 Å². The van der Waals surface area contributed by atoms with Crippen LogP contribution in [0.3, 0.4) is 0 Å². The molecule has 2 N–H and O–H groups in total. The standard InChI is InChI=1S/C12H14N2O/c1-12(2,15)10-8-13-14-11(10)9-6-4-3-5-7-9/h3-8,15H,1-2H3,(H,13,14). The largest absolute Gasteiger partial charge is 0.386 e. The Labute approximate surface area is 88.8 Å². The fourth-order valence-electron chi connectivity index (χ4n) is 1.57. The first-order valence-corrected chi connectivity index (χ1v) is 4.90. The molecule has 3 nitrogen and oxygen atoms in total. The molecule has 0 saturated heterocycles. The van der Waals surface area contributed by atoms with Gasteiger partial charge in [-0.2, -0.15) is 5.10 Å². The van der Waals surface area contributed by atoms with Gasteiger partial charge in [-0.1, -0.05) is 30.3 Å². The van der Waals surface area contributed by atoms with E-state index >= 15 is 0 Å². The van der Waals surface area contributed by atoms with Gasteiger partial charge in [-0.3, -0.25) is 5.10 Å². The van der Waals surface area contributed by atoms with Gasteiger partial charge in [0, 0.05) is 5.56 Å². The molecule has 0 radical (unpaired) electrons. The molecule has 0 aliphatic rings. The van der Waals surface area contributed by atoms with Gasteiger partial charge < -0.3 is 5.11 Å². The van der Waals surface area contributed by atoms with Crippen molar-refractivity contribution in [3.05, 3.63) is 42.1 Å². The molecule has 0 aliphatic heterocycles. The number of H-pyrrole nitrogens is 1. The van der Waals surface area contributed by atoms with Crippen LogP contribution in [0.1, 0.15) is 19.4 Å². The zero-order chi connectivity index (χ0) is 10.9. The van der Waals surface area contributed by atoms with E-state index in [1.807, 2.05) is 30.3 Å². The van der Waals surface area contributed by atoms with Crippen LogP contribution in [-0.2, 0) is 5.60 Å². The number of aromatic nitrogens is 2. The van der Waals surface area contributed by atoms with Crippen LogP contribution >= 0.6 is 0 Å². The van der Waals surface area contributed by atoms with Crippen molar-refractivity contribution in [1.29, 1.82) is 0 Å². The normalized spacial score (nSPS) is 11.7. The second kappa shape index (κ2) is 3.51. The van der Waals surface area contributed by atoms with Crippen molar-refractivity contribution in [2.24, 2.45) is 0 Å². The molecule has 1 aromatic carbocycles. The Hall–Kier alpha value is -1.61. The fourth-order valence-corrected chi connectivity index (χ4v) is 1.57. The first-order chi connectivity index (χ1) is 7.09. The number of nitrogens with one attached hydrogen (secondary N) is 1. The highest BCUT2D eigenvalue weighted by molar-refractivity contribution is 5.63. The van der Waals surface area contributed by atoms with E-state index in [4.69, 9.17) is 0 Å². The highest BCUT2D eigenvalue weighted by atomic mass is 16.3. The molecule has 78 valence electrons. The number of aromatic amines is 1. The van der Waals surface area contributed by atoms with E-state index in [0.29, 0.717) is 0 Å². The summed E-state index contributed by atoms with van der Waals surface area (Å²) in [4.78, 5) is 0. The summed E-state index contributed by atoms with van der Waals surface area (Å²) in [6.07, 6.45) is 1.67. The number of hydrogen-bond donors (Lipinski definition) is 2. The molecule has 2 aromatic rings. The third kappa shape index (κ3) is 1.92. The van der Waals surface area contributed by atoms with E-state index in [1.165, 1.54) is 0 Å². The predicted molar refractivity (Wildman–Crippen MR) is 59.3 cm³/mol.